The van der Waals surface area contributed by atoms with Crippen LogP contribution < -0.4 is 5.32 Å². The van der Waals surface area contributed by atoms with E-state index in [4.69, 9.17) is 16.9 Å². The third-order valence-electron chi connectivity index (χ3n) is 3.04. The molecule has 0 aliphatic heterocycles. The van der Waals surface area contributed by atoms with Gasteiger partial charge in [-0.25, -0.2) is 0 Å². The summed E-state index contributed by atoms with van der Waals surface area (Å²) in [4.78, 5) is 0. The molecule has 0 atom stereocenters. The molecule has 1 N–H and O–H groups in total. The molecule has 0 saturated heterocycles. The van der Waals surface area contributed by atoms with Crippen LogP contribution in [0.1, 0.15) is 22.3 Å². The maximum Gasteiger partial charge on any atom is 0.0992 e. The molecule has 19 heavy (non-hydrogen) atoms. The number of benzene rings is 2. The zero-order chi connectivity index (χ0) is 13.8. The van der Waals surface area contributed by atoms with Crippen LogP contribution in [-0.2, 0) is 6.54 Å². The number of anilines is 1. The van der Waals surface area contributed by atoms with Crippen molar-refractivity contribution in [2.75, 3.05) is 5.32 Å². The van der Waals surface area contributed by atoms with Crippen LogP contribution >= 0.6 is 11.6 Å². The molecule has 0 aliphatic carbocycles. The van der Waals surface area contributed by atoms with Crippen LogP contribution in [0.5, 0.6) is 0 Å². The molecule has 0 unspecified atom stereocenters. The van der Waals surface area contributed by atoms with E-state index < -0.39 is 0 Å². The maximum atomic E-state index is 8.91. The van der Waals surface area contributed by atoms with Crippen LogP contribution in [0.25, 0.3) is 0 Å². The second-order valence-electron chi connectivity index (χ2n) is 4.59. The Morgan fingerprint density at radius 3 is 2.63 bits per heavy atom. The van der Waals surface area contributed by atoms with E-state index in [1.165, 1.54) is 0 Å². The highest BCUT2D eigenvalue weighted by atomic mass is 35.5. The van der Waals surface area contributed by atoms with Crippen molar-refractivity contribution in [3.8, 4) is 6.07 Å². The second kappa shape index (κ2) is 5.77. The number of nitriles is 1. The molecule has 2 rings (SSSR count). The van der Waals surface area contributed by atoms with Gasteiger partial charge in [-0.15, -0.1) is 0 Å². The summed E-state index contributed by atoms with van der Waals surface area (Å²) >= 11 is 6.20. The van der Waals surface area contributed by atoms with Crippen molar-refractivity contribution in [3.63, 3.8) is 0 Å². The van der Waals surface area contributed by atoms with E-state index in [1.54, 1.807) is 0 Å². The van der Waals surface area contributed by atoms with Gasteiger partial charge >= 0.3 is 0 Å². The van der Waals surface area contributed by atoms with E-state index in [2.05, 4.69) is 11.4 Å². The van der Waals surface area contributed by atoms with E-state index in [-0.39, 0.29) is 0 Å². The van der Waals surface area contributed by atoms with E-state index >= 15 is 0 Å². The van der Waals surface area contributed by atoms with Crippen LogP contribution in [0.4, 0.5) is 5.69 Å². The minimum atomic E-state index is 0.648. The summed E-state index contributed by atoms with van der Waals surface area (Å²) in [6.45, 7) is 4.68. The van der Waals surface area contributed by atoms with Crippen molar-refractivity contribution in [2.24, 2.45) is 0 Å². The first-order valence-corrected chi connectivity index (χ1v) is 6.47. The fourth-order valence-corrected chi connectivity index (χ4v) is 2.17. The monoisotopic (exact) mass is 270 g/mol. The smallest absolute Gasteiger partial charge is 0.0992 e. The molecule has 0 fully saturated rings. The Bertz CT molecular complexity index is 642. The number of halogens is 1. The van der Waals surface area contributed by atoms with Gasteiger partial charge in [0.2, 0.25) is 0 Å². The molecule has 96 valence electrons. The molecule has 0 amide bonds. The summed E-state index contributed by atoms with van der Waals surface area (Å²) in [7, 11) is 0. The third kappa shape index (κ3) is 3.27. The van der Waals surface area contributed by atoms with Crippen molar-refractivity contribution in [1.29, 1.82) is 5.26 Å². The minimum Gasteiger partial charge on any atom is -0.381 e. The van der Waals surface area contributed by atoms with Crippen molar-refractivity contribution < 1.29 is 0 Å². The first kappa shape index (κ1) is 13.5. The molecular weight excluding hydrogens is 256 g/mol. The van der Waals surface area contributed by atoms with Crippen molar-refractivity contribution in [2.45, 2.75) is 20.4 Å². The lowest BCUT2D eigenvalue weighted by molar-refractivity contribution is 1.13. The molecule has 0 saturated carbocycles. The Hall–Kier alpha value is -1.98. The average Bonchev–Trinajstić information content (AvgIpc) is 2.39. The number of aryl methyl sites for hydroxylation is 2. The van der Waals surface area contributed by atoms with Crippen LogP contribution in [0.2, 0.25) is 5.02 Å². The first-order chi connectivity index (χ1) is 9.10. The van der Waals surface area contributed by atoms with Gasteiger partial charge in [-0.05, 0) is 48.7 Å². The topological polar surface area (TPSA) is 35.8 Å². The highest BCUT2D eigenvalue weighted by Crippen LogP contribution is 2.21. The molecule has 2 nitrogen and oxygen atoms in total. The highest BCUT2D eigenvalue weighted by Gasteiger charge is 2.03. The number of hydrogen-bond acceptors (Lipinski definition) is 2. The van der Waals surface area contributed by atoms with Crippen molar-refractivity contribution in [1.82, 2.24) is 0 Å². The van der Waals surface area contributed by atoms with Gasteiger partial charge in [-0.2, -0.15) is 5.26 Å². The third-order valence-corrected chi connectivity index (χ3v) is 3.40. The normalized spacial score (nSPS) is 10.0. The zero-order valence-electron chi connectivity index (χ0n) is 11.0. The molecule has 2 aromatic rings. The van der Waals surface area contributed by atoms with Crippen LogP contribution in [0, 0.1) is 25.2 Å². The minimum absolute atomic E-state index is 0.648. The van der Waals surface area contributed by atoms with Gasteiger partial charge in [-0.1, -0.05) is 29.8 Å². The highest BCUT2D eigenvalue weighted by molar-refractivity contribution is 6.31. The lowest BCUT2D eigenvalue weighted by Gasteiger charge is -2.11. The molecule has 0 aliphatic rings. The van der Waals surface area contributed by atoms with E-state index in [9.17, 15) is 0 Å². The van der Waals surface area contributed by atoms with Gasteiger partial charge in [0.1, 0.15) is 0 Å². The summed E-state index contributed by atoms with van der Waals surface area (Å²) < 4.78 is 0. The van der Waals surface area contributed by atoms with Gasteiger partial charge in [0, 0.05) is 17.3 Å². The number of nitrogens with zero attached hydrogens (tertiary/aromatic N) is 1. The average molecular weight is 271 g/mol. The van der Waals surface area contributed by atoms with E-state index in [0.717, 1.165) is 27.4 Å². The molecule has 2 aromatic carbocycles. The van der Waals surface area contributed by atoms with Crippen molar-refractivity contribution >= 4 is 17.3 Å². The standard InChI is InChI=1S/C16H15ClN2/c1-11-3-6-14(15(17)7-11)10-19-16-8-13(9-18)5-4-12(16)2/h3-8,19H,10H2,1-2H3. The summed E-state index contributed by atoms with van der Waals surface area (Å²) in [5.41, 5.74) is 4.94. The number of rotatable bonds is 3. The lowest BCUT2D eigenvalue weighted by Crippen LogP contribution is -2.02. The largest absolute Gasteiger partial charge is 0.381 e. The zero-order valence-corrected chi connectivity index (χ0v) is 11.8. The van der Waals surface area contributed by atoms with Gasteiger partial charge in [0.05, 0.1) is 11.6 Å². The summed E-state index contributed by atoms with van der Waals surface area (Å²) in [5, 5.41) is 13.0. The summed E-state index contributed by atoms with van der Waals surface area (Å²) in [5.74, 6) is 0. The Morgan fingerprint density at radius 1 is 1.16 bits per heavy atom. The van der Waals surface area contributed by atoms with Crippen molar-refractivity contribution in [3.05, 3.63) is 63.7 Å². The van der Waals surface area contributed by atoms with Crippen LogP contribution in [0.3, 0.4) is 0 Å². The van der Waals surface area contributed by atoms with Crippen LogP contribution in [0.15, 0.2) is 36.4 Å². The molecule has 3 heteroatoms. The Kier molecular flexibility index (Phi) is 4.09. The lowest BCUT2D eigenvalue weighted by atomic mass is 10.1. The molecule has 0 aromatic heterocycles. The molecule has 0 radical (unpaired) electrons. The fourth-order valence-electron chi connectivity index (χ4n) is 1.87. The summed E-state index contributed by atoms with van der Waals surface area (Å²) in [6.07, 6.45) is 0. The Morgan fingerprint density at radius 2 is 1.95 bits per heavy atom. The molecule has 0 bridgehead atoms. The number of hydrogen-bond donors (Lipinski definition) is 1. The van der Waals surface area contributed by atoms with E-state index in [1.807, 2.05) is 50.2 Å². The Labute approximate surface area is 118 Å². The maximum absolute atomic E-state index is 8.91. The molecule has 0 heterocycles. The van der Waals surface area contributed by atoms with Crippen LogP contribution in [-0.4, -0.2) is 0 Å². The molecule has 0 spiro atoms. The first-order valence-electron chi connectivity index (χ1n) is 6.10. The summed E-state index contributed by atoms with van der Waals surface area (Å²) in [6, 6.07) is 13.8. The number of nitrogens with one attached hydrogen (secondary N) is 1. The SMILES string of the molecule is Cc1ccc(CNc2cc(C#N)ccc2C)c(Cl)c1. The molecular formula is C16H15ClN2. The quantitative estimate of drug-likeness (QED) is 0.895. The second-order valence-corrected chi connectivity index (χ2v) is 5.00. The predicted molar refractivity (Wildman–Crippen MR) is 79.4 cm³/mol. The van der Waals surface area contributed by atoms with Gasteiger partial charge in [-0.3, -0.25) is 0 Å². The van der Waals surface area contributed by atoms with Gasteiger partial charge < -0.3 is 5.32 Å². The van der Waals surface area contributed by atoms with Gasteiger partial charge in [0.15, 0.2) is 0 Å². The fraction of sp³-hybridized carbons (Fsp3) is 0.188. The van der Waals surface area contributed by atoms with E-state index in [0.29, 0.717) is 12.1 Å². The van der Waals surface area contributed by atoms with Gasteiger partial charge in [0.25, 0.3) is 0 Å². The predicted octanol–water partition coefficient (Wildman–Crippen LogP) is 4.44. The Balaban J connectivity index is 2.16.